The largest absolute Gasteiger partial charge is 0.497 e. The first-order valence-electron chi connectivity index (χ1n) is 7.52. The molecule has 0 radical (unpaired) electrons. The first-order chi connectivity index (χ1) is 11.6. The molecule has 0 amide bonds. The number of hydrogen-bond acceptors (Lipinski definition) is 4. The summed E-state index contributed by atoms with van der Waals surface area (Å²) in [5.74, 6) is -0.115. The molecule has 0 saturated carbocycles. The van der Waals surface area contributed by atoms with Gasteiger partial charge in [-0.05, 0) is 31.2 Å². The van der Waals surface area contributed by atoms with Crippen LogP contribution in [0.4, 0.5) is 0 Å². The van der Waals surface area contributed by atoms with E-state index < -0.39 is 11.2 Å². The van der Waals surface area contributed by atoms with Gasteiger partial charge in [-0.3, -0.25) is 4.79 Å². The number of hydrogen-bond donors (Lipinski definition) is 1. The van der Waals surface area contributed by atoms with E-state index in [1.807, 2.05) is 54.6 Å². The highest BCUT2D eigenvalue weighted by Crippen LogP contribution is 2.35. The molecule has 3 aromatic rings. The van der Waals surface area contributed by atoms with E-state index in [9.17, 15) is 9.90 Å². The molecule has 24 heavy (non-hydrogen) atoms. The minimum absolute atomic E-state index is 0.551. The second kappa shape index (κ2) is 6.93. The van der Waals surface area contributed by atoms with Crippen molar-refractivity contribution in [2.75, 3.05) is 7.11 Å². The molecule has 0 fully saturated rings. The third kappa shape index (κ3) is 3.36. The third-order valence-electron chi connectivity index (χ3n) is 3.70. The summed E-state index contributed by atoms with van der Waals surface area (Å²) < 4.78 is 5.29. The first kappa shape index (κ1) is 16.3. The van der Waals surface area contributed by atoms with Crippen LogP contribution >= 0.6 is 11.8 Å². The van der Waals surface area contributed by atoms with Crippen LogP contribution in [0.25, 0.3) is 22.2 Å². The highest BCUT2D eigenvalue weighted by molar-refractivity contribution is 8.00. The van der Waals surface area contributed by atoms with Crippen LogP contribution < -0.4 is 4.74 Å². The van der Waals surface area contributed by atoms with Gasteiger partial charge in [0.2, 0.25) is 0 Å². The smallest absolute Gasteiger partial charge is 0.316 e. The van der Waals surface area contributed by atoms with Crippen LogP contribution in [-0.4, -0.2) is 28.4 Å². The summed E-state index contributed by atoms with van der Waals surface area (Å²) in [5, 5.41) is 9.59. The topological polar surface area (TPSA) is 59.4 Å². The fraction of sp³-hybridized carbons (Fsp3) is 0.158. The maximum atomic E-state index is 11.3. The van der Waals surface area contributed by atoms with Gasteiger partial charge in [-0.2, -0.15) is 0 Å². The number of benzene rings is 2. The fourth-order valence-corrected chi connectivity index (χ4v) is 3.35. The summed E-state index contributed by atoms with van der Waals surface area (Å²) in [5.41, 5.74) is 2.64. The molecule has 1 aromatic heterocycles. The molecule has 2 aromatic carbocycles. The predicted octanol–water partition coefficient (Wildman–Crippen LogP) is 4.48. The second-order valence-corrected chi connectivity index (χ2v) is 6.74. The molecule has 5 heteroatoms. The molecule has 4 nitrogen and oxygen atoms in total. The van der Waals surface area contributed by atoms with Gasteiger partial charge in [0.05, 0.1) is 18.3 Å². The summed E-state index contributed by atoms with van der Waals surface area (Å²) in [6, 6.07) is 17.5. The molecule has 0 aliphatic rings. The van der Waals surface area contributed by atoms with Gasteiger partial charge in [0.15, 0.2) is 0 Å². The highest BCUT2D eigenvalue weighted by Gasteiger charge is 2.16. The standard InChI is InChI=1S/C19H17NO3S/c1-12(19(21)22)24-18-11-17(13-6-4-3-5-7-13)20-16-9-8-14(23-2)10-15(16)18/h3-12H,1-2H3,(H,21,22). The lowest BCUT2D eigenvalue weighted by atomic mass is 10.1. The minimum atomic E-state index is -0.839. The summed E-state index contributed by atoms with van der Waals surface area (Å²) in [4.78, 5) is 16.9. The zero-order valence-corrected chi connectivity index (χ0v) is 14.2. The maximum absolute atomic E-state index is 11.3. The molecule has 1 unspecified atom stereocenters. The number of fused-ring (bicyclic) bond motifs is 1. The van der Waals surface area contributed by atoms with Crippen LogP contribution in [0.5, 0.6) is 5.75 Å². The fourth-order valence-electron chi connectivity index (χ4n) is 2.40. The van der Waals surface area contributed by atoms with Gasteiger partial charge in [0, 0.05) is 15.8 Å². The summed E-state index contributed by atoms with van der Waals surface area (Å²) in [6.45, 7) is 1.68. The van der Waals surface area contributed by atoms with Crippen molar-refractivity contribution < 1.29 is 14.6 Å². The maximum Gasteiger partial charge on any atom is 0.316 e. The van der Waals surface area contributed by atoms with E-state index in [1.165, 1.54) is 11.8 Å². The molecule has 0 aliphatic carbocycles. The van der Waals surface area contributed by atoms with E-state index in [4.69, 9.17) is 9.72 Å². The molecule has 0 aliphatic heterocycles. The number of aliphatic carboxylic acids is 1. The first-order valence-corrected chi connectivity index (χ1v) is 8.40. The summed E-state index contributed by atoms with van der Waals surface area (Å²) >= 11 is 1.31. The van der Waals surface area contributed by atoms with E-state index in [1.54, 1.807) is 14.0 Å². The number of thioether (sulfide) groups is 1. The monoisotopic (exact) mass is 339 g/mol. The number of carboxylic acid groups (broad SMARTS) is 1. The molecular weight excluding hydrogens is 322 g/mol. The van der Waals surface area contributed by atoms with Crippen molar-refractivity contribution in [2.24, 2.45) is 0 Å². The van der Waals surface area contributed by atoms with Crippen LogP contribution in [0.3, 0.4) is 0 Å². The molecule has 1 heterocycles. The Hall–Kier alpha value is -2.53. The molecule has 3 rings (SSSR count). The number of pyridine rings is 1. The predicted molar refractivity (Wildman–Crippen MR) is 96.7 cm³/mol. The van der Waals surface area contributed by atoms with Gasteiger partial charge in [-0.25, -0.2) is 4.98 Å². The van der Waals surface area contributed by atoms with E-state index in [0.717, 1.165) is 32.8 Å². The average molecular weight is 339 g/mol. The average Bonchev–Trinajstić information content (AvgIpc) is 2.61. The van der Waals surface area contributed by atoms with Crippen molar-refractivity contribution in [3.8, 4) is 17.0 Å². The van der Waals surface area contributed by atoms with Gasteiger partial charge >= 0.3 is 5.97 Å². The summed E-state index contributed by atoms with van der Waals surface area (Å²) in [6.07, 6.45) is 0. The lowest BCUT2D eigenvalue weighted by Crippen LogP contribution is -2.11. The van der Waals surface area contributed by atoms with Crippen molar-refractivity contribution in [3.05, 3.63) is 54.6 Å². The van der Waals surface area contributed by atoms with Gasteiger partial charge < -0.3 is 9.84 Å². The Morgan fingerprint density at radius 2 is 1.92 bits per heavy atom. The van der Waals surface area contributed by atoms with Crippen molar-refractivity contribution in [3.63, 3.8) is 0 Å². The SMILES string of the molecule is COc1ccc2nc(-c3ccccc3)cc(SC(C)C(=O)O)c2c1. The quantitative estimate of drug-likeness (QED) is 0.695. The Labute approximate surface area is 144 Å². The second-order valence-electron chi connectivity index (χ2n) is 5.35. The molecule has 1 N–H and O–H groups in total. The Kier molecular flexibility index (Phi) is 4.71. The van der Waals surface area contributed by atoms with Crippen molar-refractivity contribution in [1.82, 2.24) is 4.98 Å². The molecule has 0 spiro atoms. The van der Waals surface area contributed by atoms with Gasteiger partial charge in [0.25, 0.3) is 0 Å². The Balaban J connectivity index is 2.17. The number of rotatable bonds is 5. The van der Waals surface area contributed by atoms with E-state index >= 15 is 0 Å². The zero-order valence-electron chi connectivity index (χ0n) is 13.4. The van der Waals surface area contributed by atoms with Crippen molar-refractivity contribution in [1.29, 1.82) is 0 Å². The van der Waals surface area contributed by atoms with Gasteiger partial charge in [-0.15, -0.1) is 11.8 Å². The lowest BCUT2D eigenvalue weighted by molar-refractivity contribution is -0.136. The Bertz CT molecular complexity index is 880. The zero-order chi connectivity index (χ0) is 17.1. The van der Waals surface area contributed by atoms with Gasteiger partial charge in [-0.1, -0.05) is 30.3 Å². The van der Waals surface area contributed by atoms with Crippen LogP contribution in [0.2, 0.25) is 0 Å². The van der Waals surface area contributed by atoms with E-state index in [2.05, 4.69) is 0 Å². The Morgan fingerprint density at radius 1 is 1.17 bits per heavy atom. The molecule has 0 saturated heterocycles. The van der Waals surface area contributed by atoms with Crippen LogP contribution in [0, 0.1) is 0 Å². The molecular formula is C19H17NO3S. The van der Waals surface area contributed by atoms with Crippen LogP contribution in [0.1, 0.15) is 6.92 Å². The highest BCUT2D eigenvalue weighted by atomic mass is 32.2. The Morgan fingerprint density at radius 3 is 2.58 bits per heavy atom. The van der Waals surface area contributed by atoms with Crippen molar-refractivity contribution >= 4 is 28.6 Å². The number of carbonyl (C=O) groups is 1. The van der Waals surface area contributed by atoms with E-state index in [0.29, 0.717) is 0 Å². The van der Waals surface area contributed by atoms with Crippen molar-refractivity contribution in [2.45, 2.75) is 17.1 Å². The third-order valence-corrected chi connectivity index (χ3v) is 4.85. The molecule has 0 bridgehead atoms. The molecule has 122 valence electrons. The number of nitrogens with zero attached hydrogens (tertiary/aromatic N) is 1. The summed E-state index contributed by atoms with van der Waals surface area (Å²) in [7, 11) is 1.61. The number of methoxy groups -OCH3 is 1. The minimum Gasteiger partial charge on any atom is -0.497 e. The number of aromatic nitrogens is 1. The van der Waals surface area contributed by atoms with E-state index in [-0.39, 0.29) is 0 Å². The normalized spacial score (nSPS) is 12.1. The number of carboxylic acids is 1. The van der Waals surface area contributed by atoms with Crippen LogP contribution in [0.15, 0.2) is 59.5 Å². The number of ether oxygens (including phenoxy) is 1. The molecule has 1 atom stereocenters. The van der Waals surface area contributed by atoms with Crippen LogP contribution in [-0.2, 0) is 4.79 Å². The van der Waals surface area contributed by atoms with Gasteiger partial charge in [0.1, 0.15) is 11.0 Å². The lowest BCUT2D eigenvalue weighted by Gasteiger charge is -2.12.